The van der Waals surface area contributed by atoms with Crippen LogP contribution in [-0.4, -0.2) is 38.0 Å². The van der Waals surface area contributed by atoms with E-state index < -0.39 is 0 Å². The van der Waals surface area contributed by atoms with Crippen LogP contribution in [0.5, 0.6) is 0 Å². The summed E-state index contributed by atoms with van der Waals surface area (Å²) in [5.74, 6) is 1.58. The van der Waals surface area contributed by atoms with Gasteiger partial charge in [-0.15, -0.1) is 41.9 Å². The maximum atomic E-state index is 4.34. The number of hydrogen-bond acceptors (Lipinski definition) is 2. The van der Waals surface area contributed by atoms with E-state index in [9.17, 15) is 0 Å². The van der Waals surface area contributed by atoms with E-state index in [-0.39, 0.29) is 24.0 Å². The number of hydrogen-bond donors (Lipinski definition) is 1. The first-order valence-corrected chi connectivity index (χ1v) is 8.10. The van der Waals surface area contributed by atoms with Crippen molar-refractivity contribution in [1.29, 1.82) is 0 Å². The van der Waals surface area contributed by atoms with E-state index in [1.165, 1.54) is 4.88 Å². The smallest absolute Gasteiger partial charge is 0.193 e. The summed E-state index contributed by atoms with van der Waals surface area (Å²) in [4.78, 5) is 7.98. The van der Waals surface area contributed by atoms with Crippen molar-refractivity contribution in [2.45, 2.75) is 26.2 Å². The van der Waals surface area contributed by atoms with Gasteiger partial charge in [-0.25, -0.2) is 0 Å². The first kappa shape index (κ1) is 20.4. The SMILES string of the molecule is C=CCCCN(C)C(=NC)NCC(C)Cc1cccs1.I. The zero-order valence-electron chi connectivity index (χ0n) is 13.3. The summed E-state index contributed by atoms with van der Waals surface area (Å²) in [5.41, 5.74) is 0. The molecule has 120 valence electrons. The molecule has 1 rings (SSSR count). The highest BCUT2D eigenvalue weighted by Crippen LogP contribution is 2.13. The van der Waals surface area contributed by atoms with E-state index in [0.717, 1.165) is 38.3 Å². The second-order valence-corrected chi connectivity index (χ2v) is 6.20. The lowest BCUT2D eigenvalue weighted by Crippen LogP contribution is -2.41. The van der Waals surface area contributed by atoms with E-state index in [0.29, 0.717) is 5.92 Å². The molecule has 0 saturated carbocycles. The minimum absolute atomic E-state index is 0. The van der Waals surface area contributed by atoms with Gasteiger partial charge in [0.15, 0.2) is 5.96 Å². The Kier molecular flexibility index (Phi) is 11.7. The summed E-state index contributed by atoms with van der Waals surface area (Å²) in [5, 5.41) is 5.60. The van der Waals surface area contributed by atoms with Gasteiger partial charge < -0.3 is 10.2 Å². The lowest BCUT2D eigenvalue weighted by Gasteiger charge is -2.23. The van der Waals surface area contributed by atoms with Gasteiger partial charge in [-0.3, -0.25) is 4.99 Å². The molecule has 0 aliphatic rings. The van der Waals surface area contributed by atoms with E-state index in [4.69, 9.17) is 0 Å². The molecule has 0 bridgehead atoms. The number of guanidine groups is 1. The van der Waals surface area contributed by atoms with Gasteiger partial charge in [-0.1, -0.05) is 19.1 Å². The maximum Gasteiger partial charge on any atom is 0.193 e. The van der Waals surface area contributed by atoms with Gasteiger partial charge in [0, 0.05) is 32.1 Å². The van der Waals surface area contributed by atoms with Gasteiger partial charge >= 0.3 is 0 Å². The Labute approximate surface area is 150 Å². The average Bonchev–Trinajstić information content (AvgIpc) is 2.92. The number of unbranched alkanes of at least 4 members (excludes halogenated alkanes) is 1. The van der Waals surface area contributed by atoms with Crippen LogP contribution in [0.2, 0.25) is 0 Å². The van der Waals surface area contributed by atoms with Crippen LogP contribution in [0.15, 0.2) is 35.2 Å². The summed E-state index contributed by atoms with van der Waals surface area (Å²) in [6.07, 6.45) is 5.26. The van der Waals surface area contributed by atoms with E-state index in [1.807, 2.05) is 24.5 Å². The molecule has 1 aromatic rings. The number of nitrogens with zero attached hydrogens (tertiary/aromatic N) is 2. The molecule has 0 radical (unpaired) electrons. The second-order valence-electron chi connectivity index (χ2n) is 5.17. The highest BCUT2D eigenvalue weighted by molar-refractivity contribution is 14.0. The quantitative estimate of drug-likeness (QED) is 0.226. The molecular weight excluding hydrogens is 393 g/mol. The highest BCUT2D eigenvalue weighted by Gasteiger charge is 2.08. The normalized spacial score (nSPS) is 12.4. The van der Waals surface area contributed by atoms with Crippen LogP contribution in [-0.2, 0) is 6.42 Å². The molecular formula is C16H28IN3S. The third kappa shape index (κ3) is 8.46. The predicted octanol–water partition coefficient (Wildman–Crippen LogP) is 4.02. The standard InChI is InChI=1S/C16H27N3S.HI/c1-5-6-7-10-19(4)16(17-3)18-13-14(2)12-15-9-8-11-20-15;/h5,8-9,11,14H,1,6-7,10,12-13H2,2-4H3,(H,17,18);1H. The van der Waals surface area contributed by atoms with E-state index in [2.05, 4.69) is 53.3 Å². The molecule has 1 unspecified atom stereocenters. The summed E-state index contributed by atoms with van der Waals surface area (Å²) >= 11 is 1.83. The summed E-state index contributed by atoms with van der Waals surface area (Å²) in [7, 11) is 3.93. The second kappa shape index (κ2) is 12.0. The number of nitrogens with one attached hydrogen (secondary N) is 1. The fourth-order valence-corrected chi connectivity index (χ4v) is 2.94. The third-order valence-corrected chi connectivity index (χ3v) is 4.11. The number of aliphatic imine (C=N–C) groups is 1. The summed E-state index contributed by atoms with van der Waals surface area (Å²) in [6.45, 7) is 7.99. The molecule has 1 N–H and O–H groups in total. The van der Waals surface area contributed by atoms with Gasteiger partial charge in [0.1, 0.15) is 0 Å². The fraction of sp³-hybridized carbons (Fsp3) is 0.562. The van der Waals surface area contributed by atoms with Crippen molar-refractivity contribution < 1.29 is 0 Å². The van der Waals surface area contributed by atoms with Crippen molar-refractivity contribution in [2.24, 2.45) is 10.9 Å². The van der Waals surface area contributed by atoms with Gasteiger partial charge in [-0.2, -0.15) is 0 Å². The first-order valence-electron chi connectivity index (χ1n) is 7.22. The molecule has 0 spiro atoms. The molecule has 0 fully saturated rings. The minimum atomic E-state index is 0. The highest BCUT2D eigenvalue weighted by atomic mass is 127. The Bertz CT molecular complexity index is 404. The monoisotopic (exact) mass is 421 g/mol. The Hall–Kier alpha value is -0.560. The molecule has 21 heavy (non-hydrogen) atoms. The lowest BCUT2D eigenvalue weighted by molar-refractivity contribution is 0.457. The van der Waals surface area contributed by atoms with Crippen LogP contribution < -0.4 is 5.32 Å². The zero-order valence-corrected chi connectivity index (χ0v) is 16.5. The van der Waals surface area contributed by atoms with Crippen molar-refractivity contribution >= 4 is 41.3 Å². The van der Waals surface area contributed by atoms with Crippen molar-refractivity contribution in [3.8, 4) is 0 Å². The van der Waals surface area contributed by atoms with Gasteiger partial charge in [0.05, 0.1) is 0 Å². The van der Waals surface area contributed by atoms with Crippen LogP contribution in [0.1, 0.15) is 24.6 Å². The molecule has 0 saturated heterocycles. The van der Waals surface area contributed by atoms with Gasteiger partial charge in [0.2, 0.25) is 0 Å². The van der Waals surface area contributed by atoms with Crippen LogP contribution in [0.25, 0.3) is 0 Å². The largest absolute Gasteiger partial charge is 0.356 e. The molecule has 5 heteroatoms. The molecule has 3 nitrogen and oxygen atoms in total. The number of allylic oxidation sites excluding steroid dienone is 1. The van der Waals surface area contributed by atoms with Crippen molar-refractivity contribution in [1.82, 2.24) is 10.2 Å². The summed E-state index contributed by atoms with van der Waals surface area (Å²) < 4.78 is 0. The fourth-order valence-electron chi connectivity index (χ4n) is 2.07. The minimum Gasteiger partial charge on any atom is -0.356 e. The molecule has 0 aliphatic heterocycles. The maximum absolute atomic E-state index is 4.34. The molecule has 0 aromatic carbocycles. The number of thiophene rings is 1. The molecule has 0 amide bonds. The lowest BCUT2D eigenvalue weighted by atomic mass is 10.1. The van der Waals surface area contributed by atoms with Gasteiger partial charge in [-0.05, 0) is 36.6 Å². The van der Waals surface area contributed by atoms with Crippen LogP contribution in [0.4, 0.5) is 0 Å². The predicted molar refractivity (Wildman–Crippen MR) is 106 cm³/mol. The number of halogens is 1. The third-order valence-electron chi connectivity index (χ3n) is 3.21. The van der Waals surface area contributed by atoms with E-state index in [1.54, 1.807) is 0 Å². The Morgan fingerprint density at radius 3 is 2.90 bits per heavy atom. The Balaban J connectivity index is 0.00000400. The van der Waals surface area contributed by atoms with Crippen molar-refractivity contribution in [2.75, 3.05) is 27.2 Å². The zero-order chi connectivity index (χ0) is 14.8. The number of rotatable bonds is 8. The van der Waals surface area contributed by atoms with Crippen LogP contribution in [0, 0.1) is 5.92 Å². The van der Waals surface area contributed by atoms with Gasteiger partial charge in [0.25, 0.3) is 0 Å². The van der Waals surface area contributed by atoms with Crippen molar-refractivity contribution in [3.63, 3.8) is 0 Å². The Morgan fingerprint density at radius 2 is 2.33 bits per heavy atom. The topological polar surface area (TPSA) is 27.6 Å². The van der Waals surface area contributed by atoms with E-state index >= 15 is 0 Å². The average molecular weight is 421 g/mol. The first-order chi connectivity index (χ1) is 9.67. The van der Waals surface area contributed by atoms with Crippen molar-refractivity contribution in [3.05, 3.63) is 35.0 Å². The molecule has 0 aliphatic carbocycles. The molecule has 1 heterocycles. The van der Waals surface area contributed by atoms with Crippen LogP contribution in [0.3, 0.4) is 0 Å². The molecule has 1 atom stereocenters. The Morgan fingerprint density at radius 1 is 1.57 bits per heavy atom. The summed E-state index contributed by atoms with van der Waals surface area (Å²) in [6, 6.07) is 4.32. The molecule has 1 aromatic heterocycles. The van der Waals surface area contributed by atoms with Crippen LogP contribution >= 0.6 is 35.3 Å².